The molecule has 136 valence electrons. The van der Waals surface area contributed by atoms with Crippen molar-refractivity contribution in [1.82, 2.24) is 14.9 Å². The van der Waals surface area contributed by atoms with Gasteiger partial charge in [-0.1, -0.05) is 48.5 Å². The summed E-state index contributed by atoms with van der Waals surface area (Å²) >= 11 is 0. The molecule has 0 unspecified atom stereocenters. The fourth-order valence-corrected chi connectivity index (χ4v) is 2.72. The van der Waals surface area contributed by atoms with Crippen LogP contribution in [-0.2, 0) is 16.0 Å². The second kappa shape index (κ2) is 8.09. The molecular formula is C20H18N4O3. The number of carbonyl (C=O) groups is 3. The van der Waals surface area contributed by atoms with E-state index in [1.807, 2.05) is 48.5 Å². The summed E-state index contributed by atoms with van der Waals surface area (Å²) in [6.45, 7) is 0. The van der Waals surface area contributed by atoms with Gasteiger partial charge in [0.1, 0.15) is 6.04 Å². The van der Waals surface area contributed by atoms with Gasteiger partial charge >= 0.3 is 0 Å². The van der Waals surface area contributed by atoms with Crippen LogP contribution in [0.2, 0.25) is 0 Å². The van der Waals surface area contributed by atoms with Gasteiger partial charge in [-0.2, -0.15) is 0 Å². The van der Waals surface area contributed by atoms with Crippen molar-refractivity contribution in [3.63, 3.8) is 0 Å². The van der Waals surface area contributed by atoms with Crippen LogP contribution < -0.4 is 11.1 Å². The van der Waals surface area contributed by atoms with E-state index in [2.05, 4.69) is 10.3 Å². The van der Waals surface area contributed by atoms with Gasteiger partial charge < -0.3 is 11.1 Å². The predicted molar refractivity (Wildman–Crippen MR) is 99.2 cm³/mol. The van der Waals surface area contributed by atoms with Crippen molar-refractivity contribution in [2.45, 2.75) is 12.5 Å². The highest BCUT2D eigenvalue weighted by Gasteiger charge is 2.27. The minimum Gasteiger partial charge on any atom is -0.363 e. The van der Waals surface area contributed by atoms with E-state index in [9.17, 15) is 14.4 Å². The molecule has 0 saturated heterocycles. The van der Waals surface area contributed by atoms with Gasteiger partial charge in [0.2, 0.25) is 11.6 Å². The lowest BCUT2D eigenvalue weighted by Gasteiger charge is -2.16. The van der Waals surface area contributed by atoms with Crippen molar-refractivity contribution in [3.8, 4) is 5.69 Å². The normalized spacial score (nSPS) is 11.6. The number of nitrogens with zero attached hydrogens (tertiary/aromatic N) is 2. The van der Waals surface area contributed by atoms with Crippen LogP contribution in [0.3, 0.4) is 0 Å². The largest absolute Gasteiger partial charge is 0.363 e. The number of hydrogen-bond donors (Lipinski definition) is 2. The average molecular weight is 362 g/mol. The number of aromatic nitrogens is 2. The smallest absolute Gasteiger partial charge is 0.288 e. The molecule has 3 N–H and O–H groups in total. The van der Waals surface area contributed by atoms with Crippen LogP contribution >= 0.6 is 0 Å². The van der Waals surface area contributed by atoms with Crippen LogP contribution in [0.4, 0.5) is 0 Å². The van der Waals surface area contributed by atoms with E-state index in [0.717, 1.165) is 11.3 Å². The summed E-state index contributed by atoms with van der Waals surface area (Å²) < 4.78 is 1.60. The minimum absolute atomic E-state index is 0.108. The number of amides is 2. The second-order valence-corrected chi connectivity index (χ2v) is 5.90. The number of rotatable bonds is 7. The molecule has 0 saturated carbocycles. The van der Waals surface area contributed by atoms with Crippen LogP contribution in [0.25, 0.3) is 5.69 Å². The Kier molecular flexibility index (Phi) is 5.41. The molecule has 0 spiro atoms. The Labute approximate surface area is 155 Å². The molecule has 0 bridgehead atoms. The molecule has 1 aromatic heterocycles. The predicted octanol–water partition coefficient (Wildman–Crippen LogP) is 1.27. The number of para-hydroxylation sites is 1. The Balaban J connectivity index is 1.84. The Morgan fingerprint density at radius 2 is 1.63 bits per heavy atom. The summed E-state index contributed by atoms with van der Waals surface area (Å²) in [6, 6.07) is 17.2. The maximum atomic E-state index is 12.7. The highest BCUT2D eigenvalue weighted by atomic mass is 16.2. The van der Waals surface area contributed by atoms with E-state index >= 15 is 0 Å². The summed E-state index contributed by atoms with van der Waals surface area (Å²) in [6.07, 6.45) is 3.29. The molecule has 3 aromatic rings. The molecule has 0 fully saturated rings. The summed E-state index contributed by atoms with van der Waals surface area (Å²) in [5.41, 5.74) is 6.69. The first-order valence-corrected chi connectivity index (χ1v) is 8.33. The molecule has 7 nitrogen and oxygen atoms in total. The first-order chi connectivity index (χ1) is 13.1. The minimum atomic E-state index is -1.09. The van der Waals surface area contributed by atoms with Crippen molar-refractivity contribution < 1.29 is 14.4 Å². The molecule has 2 amide bonds. The van der Waals surface area contributed by atoms with Gasteiger partial charge in [0, 0.05) is 24.5 Å². The Morgan fingerprint density at radius 1 is 1.00 bits per heavy atom. The Bertz CT molecular complexity index is 952. The van der Waals surface area contributed by atoms with Crippen molar-refractivity contribution in [2.75, 3.05) is 0 Å². The summed E-state index contributed by atoms with van der Waals surface area (Å²) in [7, 11) is 0. The zero-order chi connectivity index (χ0) is 19.2. The lowest BCUT2D eigenvalue weighted by molar-refractivity contribution is -0.137. The fourth-order valence-electron chi connectivity index (χ4n) is 2.72. The van der Waals surface area contributed by atoms with Gasteiger partial charge in [-0.25, -0.2) is 4.98 Å². The molecule has 1 heterocycles. The highest BCUT2D eigenvalue weighted by Crippen LogP contribution is 2.11. The molecule has 27 heavy (non-hydrogen) atoms. The zero-order valence-corrected chi connectivity index (χ0v) is 14.4. The molecular weight excluding hydrogens is 344 g/mol. The zero-order valence-electron chi connectivity index (χ0n) is 14.4. The van der Waals surface area contributed by atoms with Crippen LogP contribution in [0.1, 0.15) is 16.2 Å². The van der Waals surface area contributed by atoms with E-state index < -0.39 is 23.6 Å². The molecule has 3 rings (SSSR count). The van der Waals surface area contributed by atoms with Crippen molar-refractivity contribution in [1.29, 1.82) is 0 Å². The maximum absolute atomic E-state index is 12.7. The van der Waals surface area contributed by atoms with E-state index in [-0.39, 0.29) is 12.2 Å². The number of imidazole rings is 1. The van der Waals surface area contributed by atoms with Gasteiger partial charge in [0.15, 0.2) is 0 Å². The summed E-state index contributed by atoms with van der Waals surface area (Å²) in [4.78, 5) is 40.4. The third-order valence-corrected chi connectivity index (χ3v) is 4.03. The quantitative estimate of drug-likeness (QED) is 0.617. The van der Waals surface area contributed by atoms with Crippen LogP contribution in [0.5, 0.6) is 0 Å². The number of carbonyl (C=O) groups excluding carboxylic acids is 3. The van der Waals surface area contributed by atoms with Gasteiger partial charge in [-0.15, -0.1) is 0 Å². The van der Waals surface area contributed by atoms with Gasteiger partial charge in [-0.05, 0) is 17.7 Å². The van der Waals surface area contributed by atoms with Gasteiger partial charge in [0.05, 0.1) is 0 Å². The van der Waals surface area contributed by atoms with Gasteiger partial charge in [0.25, 0.3) is 11.8 Å². The summed E-state index contributed by atoms with van der Waals surface area (Å²) in [5, 5.41) is 2.59. The molecule has 2 aromatic carbocycles. The molecule has 0 radical (unpaired) electrons. The number of ketones is 1. The third-order valence-electron chi connectivity index (χ3n) is 4.03. The highest BCUT2D eigenvalue weighted by molar-refractivity contribution is 6.38. The van der Waals surface area contributed by atoms with Crippen LogP contribution in [0.15, 0.2) is 73.1 Å². The molecule has 1 atom stereocenters. The van der Waals surface area contributed by atoms with E-state index in [0.29, 0.717) is 0 Å². The standard InChI is InChI=1S/C20H18N4O3/c21-18(26)17(25)16(13-14-7-3-1-4-8-14)23-20(27)19-22-11-12-24(19)15-9-5-2-6-10-15/h1-12,16H,13H2,(H2,21,26)(H,23,27)/t16-/m0/s1. The monoisotopic (exact) mass is 362 g/mol. The Morgan fingerprint density at radius 3 is 2.26 bits per heavy atom. The third kappa shape index (κ3) is 4.27. The first kappa shape index (κ1) is 18.1. The van der Waals surface area contributed by atoms with Gasteiger partial charge in [-0.3, -0.25) is 19.0 Å². The SMILES string of the molecule is NC(=O)C(=O)[C@H](Cc1ccccc1)NC(=O)c1nccn1-c1ccccc1. The van der Waals surface area contributed by atoms with E-state index in [1.165, 1.54) is 6.20 Å². The lowest BCUT2D eigenvalue weighted by atomic mass is 10.0. The maximum Gasteiger partial charge on any atom is 0.288 e. The topological polar surface area (TPSA) is 107 Å². The number of hydrogen-bond acceptors (Lipinski definition) is 4. The summed E-state index contributed by atoms with van der Waals surface area (Å²) in [5.74, 6) is -2.41. The van der Waals surface area contributed by atoms with Crippen molar-refractivity contribution in [2.24, 2.45) is 5.73 Å². The second-order valence-electron chi connectivity index (χ2n) is 5.90. The first-order valence-electron chi connectivity index (χ1n) is 8.33. The lowest BCUT2D eigenvalue weighted by Crippen LogP contribution is -2.47. The van der Waals surface area contributed by atoms with Crippen molar-refractivity contribution in [3.05, 3.63) is 84.4 Å². The molecule has 7 heteroatoms. The fraction of sp³-hybridized carbons (Fsp3) is 0.100. The average Bonchev–Trinajstić information content (AvgIpc) is 3.18. The number of benzene rings is 2. The number of Topliss-reactive ketones (excluding diaryl/α,β-unsaturated/α-hetero) is 1. The molecule has 0 aliphatic rings. The van der Waals surface area contributed by atoms with E-state index in [1.54, 1.807) is 22.9 Å². The molecule has 0 aliphatic carbocycles. The van der Waals surface area contributed by atoms with Crippen LogP contribution in [-0.4, -0.2) is 33.2 Å². The number of nitrogens with one attached hydrogen (secondary N) is 1. The number of nitrogens with two attached hydrogens (primary N) is 1. The van der Waals surface area contributed by atoms with Crippen molar-refractivity contribution >= 4 is 17.6 Å². The Hall–Kier alpha value is -3.74. The van der Waals surface area contributed by atoms with E-state index in [4.69, 9.17) is 5.73 Å². The van der Waals surface area contributed by atoms with Crippen LogP contribution in [0, 0.1) is 0 Å². The number of primary amides is 1. The molecule has 0 aliphatic heterocycles.